The van der Waals surface area contributed by atoms with Gasteiger partial charge in [0.2, 0.25) is 0 Å². The summed E-state index contributed by atoms with van der Waals surface area (Å²) < 4.78 is 10.5. The van der Waals surface area contributed by atoms with E-state index >= 15 is 0 Å². The van der Waals surface area contributed by atoms with Gasteiger partial charge in [0.05, 0.1) is 23.8 Å². The zero-order valence-electron chi connectivity index (χ0n) is 17.2. The van der Waals surface area contributed by atoms with Crippen molar-refractivity contribution in [1.82, 2.24) is 20.4 Å². The van der Waals surface area contributed by atoms with E-state index in [1.54, 1.807) is 38.3 Å². The van der Waals surface area contributed by atoms with Gasteiger partial charge in [-0.3, -0.25) is 9.59 Å². The van der Waals surface area contributed by atoms with Crippen LogP contribution in [-0.4, -0.2) is 28.1 Å². The van der Waals surface area contributed by atoms with Gasteiger partial charge in [-0.05, 0) is 43.2 Å². The normalized spacial score (nSPS) is 11.4. The number of hydrogen-bond donors (Lipinski definition) is 2. The highest BCUT2D eigenvalue weighted by molar-refractivity contribution is 6.06. The first-order valence-corrected chi connectivity index (χ1v) is 9.62. The lowest BCUT2D eigenvalue weighted by molar-refractivity contribution is 0.0952. The molecule has 0 aliphatic carbocycles. The van der Waals surface area contributed by atoms with Gasteiger partial charge in [0.15, 0.2) is 0 Å². The fourth-order valence-electron chi connectivity index (χ4n) is 3.35. The van der Waals surface area contributed by atoms with E-state index in [1.807, 2.05) is 19.9 Å². The van der Waals surface area contributed by atoms with Crippen molar-refractivity contribution in [3.05, 3.63) is 63.2 Å². The molecule has 0 bridgehead atoms. The first-order valence-electron chi connectivity index (χ1n) is 9.62. The maximum atomic E-state index is 13.0. The molecule has 0 unspecified atom stereocenters. The van der Waals surface area contributed by atoms with E-state index in [2.05, 4.69) is 20.4 Å². The molecule has 0 fully saturated rings. The van der Waals surface area contributed by atoms with Crippen LogP contribution in [0.3, 0.4) is 0 Å². The fraction of sp³-hybridized carbons (Fsp3) is 0.273. The standard InChI is InChI=1S/C22H22N4O4/c1-11(2)18-9-16(19-12(3)26-30-22(19)25-18)21(28)23-10-14-7-13-8-15(29-4)5-6-17(13)24-20(14)27/h5-9,11H,10H2,1-4H3,(H,23,28)(H,24,27). The van der Waals surface area contributed by atoms with Gasteiger partial charge in [-0.1, -0.05) is 19.0 Å². The Kier molecular flexibility index (Phi) is 4.99. The fourth-order valence-corrected chi connectivity index (χ4v) is 3.35. The van der Waals surface area contributed by atoms with E-state index < -0.39 is 0 Å². The number of amides is 1. The zero-order valence-corrected chi connectivity index (χ0v) is 17.2. The summed E-state index contributed by atoms with van der Waals surface area (Å²) in [7, 11) is 1.58. The number of aromatic amines is 1. The smallest absolute Gasteiger partial charge is 0.259 e. The van der Waals surface area contributed by atoms with Gasteiger partial charge in [-0.2, -0.15) is 0 Å². The highest BCUT2D eigenvalue weighted by Gasteiger charge is 2.20. The molecular weight excluding hydrogens is 384 g/mol. The number of benzene rings is 1. The van der Waals surface area contributed by atoms with Gasteiger partial charge in [-0.15, -0.1) is 0 Å². The Morgan fingerprint density at radius 2 is 2.07 bits per heavy atom. The van der Waals surface area contributed by atoms with E-state index in [0.29, 0.717) is 39.2 Å². The van der Waals surface area contributed by atoms with E-state index in [9.17, 15) is 9.59 Å². The summed E-state index contributed by atoms with van der Waals surface area (Å²) >= 11 is 0. The molecule has 0 saturated carbocycles. The number of methoxy groups -OCH3 is 1. The van der Waals surface area contributed by atoms with E-state index in [4.69, 9.17) is 9.26 Å². The Balaban J connectivity index is 1.66. The monoisotopic (exact) mass is 406 g/mol. The number of aromatic nitrogens is 3. The summed E-state index contributed by atoms with van der Waals surface area (Å²) in [5, 5.41) is 8.17. The van der Waals surface area contributed by atoms with Gasteiger partial charge < -0.3 is 19.6 Å². The molecule has 154 valence electrons. The third kappa shape index (κ3) is 3.52. The van der Waals surface area contributed by atoms with Crippen LogP contribution in [0.25, 0.3) is 22.0 Å². The summed E-state index contributed by atoms with van der Waals surface area (Å²) in [4.78, 5) is 32.7. The van der Waals surface area contributed by atoms with Gasteiger partial charge >= 0.3 is 0 Å². The Morgan fingerprint density at radius 3 is 2.80 bits per heavy atom. The molecule has 0 atom stereocenters. The topological polar surface area (TPSA) is 110 Å². The van der Waals surface area contributed by atoms with Crippen molar-refractivity contribution in [3.63, 3.8) is 0 Å². The minimum atomic E-state index is -0.319. The second kappa shape index (κ2) is 7.62. The number of pyridine rings is 2. The molecule has 8 nitrogen and oxygen atoms in total. The van der Waals surface area contributed by atoms with Crippen LogP contribution in [0.2, 0.25) is 0 Å². The number of nitrogens with zero attached hydrogens (tertiary/aromatic N) is 2. The minimum absolute atomic E-state index is 0.0759. The molecule has 4 rings (SSSR count). The number of H-pyrrole nitrogens is 1. The molecule has 30 heavy (non-hydrogen) atoms. The lowest BCUT2D eigenvalue weighted by Crippen LogP contribution is -2.27. The van der Waals surface area contributed by atoms with Crippen molar-refractivity contribution in [3.8, 4) is 5.75 Å². The van der Waals surface area contributed by atoms with Crippen molar-refractivity contribution in [2.45, 2.75) is 33.2 Å². The highest BCUT2D eigenvalue weighted by Crippen LogP contribution is 2.25. The Bertz CT molecular complexity index is 1320. The Hall–Kier alpha value is -3.68. The summed E-state index contributed by atoms with van der Waals surface area (Å²) in [5.41, 5.74) is 2.99. The van der Waals surface area contributed by atoms with Gasteiger partial charge in [-0.25, -0.2) is 4.98 Å². The number of nitrogens with one attached hydrogen (secondary N) is 2. The first-order chi connectivity index (χ1) is 14.4. The molecule has 0 aliphatic heterocycles. The highest BCUT2D eigenvalue weighted by atomic mass is 16.5. The van der Waals surface area contributed by atoms with Crippen molar-refractivity contribution in [2.24, 2.45) is 0 Å². The number of ether oxygens (including phenoxy) is 1. The summed E-state index contributed by atoms with van der Waals surface area (Å²) in [5.74, 6) is 0.485. The van der Waals surface area contributed by atoms with Gasteiger partial charge in [0.1, 0.15) is 5.75 Å². The summed E-state index contributed by atoms with van der Waals surface area (Å²) in [6.07, 6.45) is 0. The predicted octanol–water partition coefficient (Wildman–Crippen LogP) is 3.43. The average molecular weight is 406 g/mol. The molecule has 3 aromatic heterocycles. The van der Waals surface area contributed by atoms with Crippen LogP contribution in [0.1, 0.15) is 47.1 Å². The molecule has 4 aromatic rings. The van der Waals surface area contributed by atoms with Gasteiger partial charge in [0.25, 0.3) is 17.2 Å². The molecule has 0 radical (unpaired) electrons. The zero-order chi connectivity index (χ0) is 21.4. The average Bonchev–Trinajstić information content (AvgIpc) is 3.11. The number of fused-ring (bicyclic) bond motifs is 2. The van der Waals surface area contributed by atoms with Crippen LogP contribution in [0.5, 0.6) is 5.75 Å². The number of carbonyl (C=O) groups excluding carboxylic acids is 1. The van der Waals surface area contributed by atoms with Crippen LogP contribution in [0, 0.1) is 6.92 Å². The van der Waals surface area contributed by atoms with Gasteiger partial charge in [0, 0.05) is 28.7 Å². The number of aryl methyl sites for hydroxylation is 1. The van der Waals surface area contributed by atoms with E-state index in [-0.39, 0.29) is 23.9 Å². The maximum absolute atomic E-state index is 13.0. The minimum Gasteiger partial charge on any atom is -0.497 e. The summed E-state index contributed by atoms with van der Waals surface area (Å²) in [6.45, 7) is 5.82. The third-order valence-electron chi connectivity index (χ3n) is 5.04. The van der Waals surface area contributed by atoms with E-state index in [1.165, 1.54) is 0 Å². The molecule has 0 aliphatic rings. The van der Waals surface area contributed by atoms with Crippen molar-refractivity contribution in [2.75, 3.05) is 7.11 Å². The van der Waals surface area contributed by atoms with Crippen LogP contribution >= 0.6 is 0 Å². The molecule has 3 heterocycles. The van der Waals surface area contributed by atoms with Crippen LogP contribution < -0.4 is 15.6 Å². The number of carbonyl (C=O) groups is 1. The second-order valence-electron chi connectivity index (χ2n) is 7.46. The molecule has 8 heteroatoms. The number of hydrogen-bond acceptors (Lipinski definition) is 6. The van der Waals surface area contributed by atoms with E-state index in [0.717, 1.165) is 11.1 Å². The van der Waals surface area contributed by atoms with Crippen LogP contribution in [0.15, 0.2) is 39.6 Å². The molecule has 2 N–H and O–H groups in total. The van der Waals surface area contributed by atoms with Crippen molar-refractivity contribution in [1.29, 1.82) is 0 Å². The maximum Gasteiger partial charge on any atom is 0.259 e. The SMILES string of the molecule is COc1ccc2[nH]c(=O)c(CNC(=O)c3cc(C(C)C)nc4onc(C)c34)cc2c1. The number of rotatable bonds is 5. The Labute approximate surface area is 172 Å². The second-order valence-corrected chi connectivity index (χ2v) is 7.46. The largest absolute Gasteiger partial charge is 0.497 e. The lowest BCUT2D eigenvalue weighted by atomic mass is 10.0. The van der Waals surface area contributed by atoms with Crippen LogP contribution in [-0.2, 0) is 6.54 Å². The Morgan fingerprint density at radius 1 is 1.27 bits per heavy atom. The summed E-state index contributed by atoms with van der Waals surface area (Å²) in [6, 6.07) is 8.90. The molecule has 1 aromatic carbocycles. The quantitative estimate of drug-likeness (QED) is 0.525. The van der Waals surface area contributed by atoms with Crippen LogP contribution in [0.4, 0.5) is 0 Å². The molecular formula is C22H22N4O4. The molecule has 0 saturated heterocycles. The lowest BCUT2D eigenvalue weighted by Gasteiger charge is -2.10. The molecule has 0 spiro atoms. The van der Waals surface area contributed by atoms with Crippen molar-refractivity contribution >= 4 is 27.9 Å². The van der Waals surface area contributed by atoms with Crippen molar-refractivity contribution < 1.29 is 14.1 Å². The molecule has 1 amide bonds. The first kappa shape index (κ1) is 19.6. The third-order valence-corrected chi connectivity index (χ3v) is 5.04. The predicted molar refractivity (Wildman–Crippen MR) is 113 cm³/mol.